The van der Waals surface area contributed by atoms with E-state index in [1.807, 2.05) is 91.0 Å². The lowest BCUT2D eigenvalue weighted by Crippen LogP contribution is -2.00. The average Bonchev–Trinajstić information content (AvgIpc) is 3.15. The molecule has 6 heteroatoms. The first kappa shape index (κ1) is 19.0. The molecule has 0 atom stereocenters. The molecule has 5 nitrogen and oxygen atoms in total. The second kappa shape index (κ2) is 8.38. The fourth-order valence-electron chi connectivity index (χ4n) is 3.30. The number of fused-ring (bicyclic) bond motifs is 1. The Morgan fingerprint density at radius 2 is 1.35 bits per heavy atom. The Morgan fingerprint density at radius 3 is 1.97 bits per heavy atom. The van der Waals surface area contributed by atoms with Crippen molar-refractivity contribution in [2.75, 3.05) is 5.43 Å². The maximum absolute atomic E-state index is 10.4. The van der Waals surface area contributed by atoms with Crippen LogP contribution in [0.25, 0.3) is 32.6 Å². The van der Waals surface area contributed by atoms with E-state index < -0.39 is 0 Å². The van der Waals surface area contributed by atoms with Crippen LogP contribution in [0.4, 0.5) is 5.95 Å². The van der Waals surface area contributed by atoms with E-state index in [-0.39, 0.29) is 5.75 Å². The quantitative estimate of drug-likeness (QED) is 0.262. The topological polar surface area (TPSA) is 70.4 Å². The molecule has 0 bridgehead atoms. The van der Waals surface area contributed by atoms with E-state index in [0.717, 1.165) is 32.6 Å². The second-order valence-corrected chi connectivity index (χ2v) is 7.96. The van der Waals surface area contributed by atoms with Crippen LogP contribution in [0.3, 0.4) is 0 Å². The molecule has 150 valence electrons. The monoisotopic (exact) mass is 422 g/mol. The average molecular weight is 423 g/mol. The molecule has 0 spiro atoms. The van der Waals surface area contributed by atoms with Gasteiger partial charge in [-0.25, -0.2) is 15.4 Å². The van der Waals surface area contributed by atoms with Gasteiger partial charge in [0, 0.05) is 21.2 Å². The summed E-state index contributed by atoms with van der Waals surface area (Å²) in [6.07, 6.45) is 1.60. The molecule has 0 saturated carbocycles. The number of hydrogen-bond donors (Lipinski definition) is 2. The van der Waals surface area contributed by atoms with Gasteiger partial charge in [0.2, 0.25) is 5.95 Å². The second-order valence-electron chi connectivity index (χ2n) is 6.88. The Balaban J connectivity index is 1.49. The number of anilines is 1. The third-order valence-electron chi connectivity index (χ3n) is 4.81. The highest BCUT2D eigenvalue weighted by Gasteiger charge is 2.10. The van der Waals surface area contributed by atoms with E-state index in [2.05, 4.69) is 20.5 Å². The van der Waals surface area contributed by atoms with Crippen molar-refractivity contribution < 1.29 is 5.11 Å². The van der Waals surface area contributed by atoms with Crippen LogP contribution in [0.2, 0.25) is 0 Å². The van der Waals surface area contributed by atoms with Gasteiger partial charge in [-0.05, 0) is 18.2 Å². The lowest BCUT2D eigenvalue weighted by atomic mass is 10.1. The molecule has 2 heterocycles. The molecular weight excluding hydrogens is 404 g/mol. The number of rotatable bonds is 5. The summed E-state index contributed by atoms with van der Waals surface area (Å²) in [7, 11) is 0. The largest absolute Gasteiger partial charge is 0.506 e. The Hall–Kier alpha value is -4.03. The highest BCUT2D eigenvalue weighted by molar-refractivity contribution is 7.21. The van der Waals surface area contributed by atoms with Crippen LogP contribution in [0, 0.1) is 0 Å². The summed E-state index contributed by atoms with van der Waals surface area (Å²) in [6, 6.07) is 29.6. The molecule has 31 heavy (non-hydrogen) atoms. The zero-order valence-corrected chi connectivity index (χ0v) is 17.3. The molecule has 0 radical (unpaired) electrons. The van der Waals surface area contributed by atoms with Gasteiger partial charge in [-0.15, -0.1) is 11.3 Å². The van der Waals surface area contributed by atoms with Gasteiger partial charge in [-0.3, -0.25) is 0 Å². The first-order valence-electron chi connectivity index (χ1n) is 9.77. The Bertz CT molecular complexity index is 1310. The summed E-state index contributed by atoms with van der Waals surface area (Å²) >= 11 is 1.48. The van der Waals surface area contributed by atoms with Crippen LogP contribution >= 0.6 is 11.3 Å². The lowest BCUT2D eigenvalue weighted by molar-refractivity contribution is 0.483. The molecule has 0 saturated heterocycles. The van der Waals surface area contributed by atoms with E-state index in [4.69, 9.17) is 0 Å². The van der Waals surface area contributed by atoms with Gasteiger partial charge >= 0.3 is 0 Å². The van der Waals surface area contributed by atoms with Crippen molar-refractivity contribution in [3.63, 3.8) is 0 Å². The van der Waals surface area contributed by atoms with Crippen LogP contribution in [0.15, 0.2) is 96.1 Å². The van der Waals surface area contributed by atoms with Gasteiger partial charge in [0.05, 0.1) is 22.5 Å². The predicted molar refractivity (Wildman–Crippen MR) is 128 cm³/mol. The van der Waals surface area contributed by atoms with E-state index in [9.17, 15) is 5.11 Å². The molecule has 5 rings (SSSR count). The Labute approximate surface area is 183 Å². The number of thiophene rings is 1. The zero-order valence-electron chi connectivity index (χ0n) is 16.4. The molecule has 0 fully saturated rings. The number of nitrogens with zero attached hydrogens (tertiary/aromatic N) is 3. The molecule has 2 N–H and O–H groups in total. The molecule has 0 aliphatic heterocycles. The SMILES string of the molecule is Oc1c(/C=N/Nc2nc(-c3ccccc3)cc(-c3ccccc3)n2)sc2ccccc12. The molecule has 2 aromatic heterocycles. The van der Waals surface area contributed by atoms with Crippen LogP contribution in [-0.4, -0.2) is 21.3 Å². The van der Waals surface area contributed by atoms with E-state index in [1.54, 1.807) is 6.21 Å². The maximum Gasteiger partial charge on any atom is 0.244 e. The smallest absolute Gasteiger partial charge is 0.244 e. The fourth-order valence-corrected chi connectivity index (χ4v) is 4.27. The van der Waals surface area contributed by atoms with Crippen molar-refractivity contribution in [1.29, 1.82) is 0 Å². The van der Waals surface area contributed by atoms with Crippen LogP contribution in [0.5, 0.6) is 5.75 Å². The minimum atomic E-state index is 0.232. The lowest BCUT2D eigenvalue weighted by Gasteiger charge is -2.08. The van der Waals surface area contributed by atoms with Gasteiger partial charge in [0.15, 0.2) is 0 Å². The standard InChI is InChI=1S/C25H18N4OS/c30-24-19-13-7-8-14-22(19)31-23(24)16-26-29-25-27-20(17-9-3-1-4-10-17)15-21(28-25)18-11-5-2-6-12-18/h1-16,30H,(H,27,28,29)/b26-16+. The van der Waals surface area contributed by atoms with E-state index in [0.29, 0.717) is 10.8 Å². The van der Waals surface area contributed by atoms with Crippen molar-refractivity contribution in [2.24, 2.45) is 5.10 Å². The van der Waals surface area contributed by atoms with Crippen molar-refractivity contribution in [3.8, 4) is 28.3 Å². The molecule has 0 aliphatic rings. The van der Waals surface area contributed by atoms with E-state index >= 15 is 0 Å². The summed E-state index contributed by atoms with van der Waals surface area (Å²) in [6.45, 7) is 0. The number of hydrogen-bond acceptors (Lipinski definition) is 6. The van der Waals surface area contributed by atoms with Crippen molar-refractivity contribution >= 4 is 33.6 Å². The third kappa shape index (κ3) is 4.01. The van der Waals surface area contributed by atoms with Crippen molar-refractivity contribution in [2.45, 2.75) is 0 Å². The van der Waals surface area contributed by atoms with E-state index in [1.165, 1.54) is 11.3 Å². The molecule has 3 aromatic carbocycles. The van der Waals surface area contributed by atoms with Crippen LogP contribution in [0.1, 0.15) is 4.88 Å². The maximum atomic E-state index is 10.4. The Kier molecular flexibility index (Phi) is 5.12. The Morgan fingerprint density at radius 1 is 0.774 bits per heavy atom. The van der Waals surface area contributed by atoms with Crippen LogP contribution in [-0.2, 0) is 0 Å². The van der Waals surface area contributed by atoms with Gasteiger partial charge < -0.3 is 5.11 Å². The summed E-state index contributed by atoms with van der Waals surface area (Å²) in [5, 5.41) is 15.5. The molecular formula is C25H18N4OS. The van der Waals surface area contributed by atoms with Crippen molar-refractivity contribution in [3.05, 3.63) is 95.9 Å². The molecule has 0 aliphatic carbocycles. The summed E-state index contributed by atoms with van der Waals surface area (Å²) < 4.78 is 1.01. The first-order valence-corrected chi connectivity index (χ1v) is 10.6. The van der Waals surface area contributed by atoms with Gasteiger partial charge in [0.25, 0.3) is 0 Å². The number of aromatic nitrogens is 2. The predicted octanol–water partition coefficient (Wildman–Crippen LogP) is 6.18. The zero-order chi connectivity index (χ0) is 21.0. The minimum Gasteiger partial charge on any atom is -0.506 e. The summed E-state index contributed by atoms with van der Waals surface area (Å²) in [5.74, 6) is 0.618. The number of benzene rings is 3. The van der Waals surface area contributed by atoms with Gasteiger partial charge in [-0.2, -0.15) is 5.10 Å². The van der Waals surface area contributed by atoms with Gasteiger partial charge in [-0.1, -0.05) is 72.8 Å². The minimum absolute atomic E-state index is 0.232. The third-order valence-corrected chi connectivity index (χ3v) is 5.90. The fraction of sp³-hybridized carbons (Fsp3) is 0. The molecule has 5 aromatic rings. The van der Waals surface area contributed by atoms with Crippen molar-refractivity contribution in [1.82, 2.24) is 9.97 Å². The van der Waals surface area contributed by atoms with Gasteiger partial charge in [0.1, 0.15) is 5.75 Å². The highest BCUT2D eigenvalue weighted by Crippen LogP contribution is 2.35. The normalized spacial score (nSPS) is 11.2. The summed E-state index contributed by atoms with van der Waals surface area (Å²) in [4.78, 5) is 9.94. The highest BCUT2D eigenvalue weighted by atomic mass is 32.1. The molecule has 0 unspecified atom stereocenters. The molecule has 0 amide bonds. The number of aromatic hydroxyl groups is 1. The first-order chi connectivity index (χ1) is 15.3. The van der Waals surface area contributed by atoms with Crippen LogP contribution < -0.4 is 5.43 Å². The summed E-state index contributed by atoms with van der Waals surface area (Å²) in [5.41, 5.74) is 6.53. The number of nitrogens with one attached hydrogen (secondary N) is 1. The number of hydrazone groups is 1.